The Hall–Kier alpha value is -1.50. The Morgan fingerprint density at radius 2 is 2.07 bits per heavy atom. The summed E-state index contributed by atoms with van der Waals surface area (Å²) in [5.41, 5.74) is 0.942. The van der Waals surface area contributed by atoms with Crippen molar-refractivity contribution in [1.29, 1.82) is 0 Å². The van der Waals surface area contributed by atoms with Crippen molar-refractivity contribution < 1.29 is 13.9 Å². The van der Waals surface area contributed by atoms with Crippen LogP contribution in [0, 0.1) is 11.7 Å². The third-order valence-corrected chi connectivity index (χ3v) is 5.26. The molecule has 0 unspecified atom stereocenters. The molecular formula is C21H34FN3O2. The first kappa shape index (κ1) is 21.8. The summed E-state index contributed by atoms with van der Waals surface area (Å²) in [6, 6.07) is 6.70. The minimum Gasteiger partial charge on any atom is -0.383 e. The Labute approximate surface area is 162 Å². The van der Waals surface area contributed by atoms with Crippen LogP contribution in [0.25, 0.3) is 0 Å². The van der Waals surface area contributed by atoms with Crippen LogP contribution in [-0.4, -0.2) is 68.7 Å². The van der Waals surface area contributed by atoms with Crippen molar-refractivity contribution in [3.63, 3.8) is 0 Å². The summed E-state index contributed by atoms with van der Waals surface area (Å²) >= 11 is 0. The van der Waals surface area contributed by atoms with Crippen molar-refractivity contribution in [2.45, 2.75) is 38.8 Å². The van der Waals surface area contributed by atoms with Crippen molar-refractivity contribution in [3.05, 3.63) is 35.6 Å². The zero-order chi connectivity index (χ0) is 19.8. The standard InChI is InChI=1S/C21H34FN3O2/c1-16(2)21(17-7-9-18(22)10-8-17)23-20(26)15-25-11-5-6-19(25)14-24(3)12-13-27-4/h7-10,16,19,21H,5-6,11-15H2,1-4H3,(H,23,26)/t19-,21+/m1/s1. The third kappa shape index (κ3) is 6.87. The van der Waals surface area contributed by atoms with Gasteiger partial charge in [0.25, 0.3) is 0 Å². The largest absolute Gasteiger partial charge is 0.383 e. The molecule has 0 radical (unpaired) electrons. The highest BCUT2D eigenvalue weighted by molar-refractivity contribution is 5.78. The highest BCUT2D eigenvalue weighted by atomic mass is 19.1. The van der Waals surface area contributed by atoms with E-state index in [1.807, 2.05) is 0 Å². The average Bonchev–Trinajstić information content (AvgIpc) is 3.05. The van der Waals surface area contributed by atoms with Gasteiger partial charge in [-0.3, -0.25) is 9.69 Å². The highest BCUT2D eigenvalue weighted by Crippen LogP contribution is 2.23. The first-order chi connectivity index (χ1) is 12.9. The smallest absolute Gasteiger partial charge is 0.234 e. The summed E-state index contributed by atoms with van der Waals surface area (Å²) in [6.07, 6.45) is 2.25. The van der Waals surface area contributed by atoms with Gasteiger partial charge in [-0.15, -0.1) is 0 Å². The summed E-state index contributed by atoms with van der Waals surface area (Å²) in [5.74, 6) is 0.00326. The molecule has 0 aliphatic carbocycles. The van der Waals surface area contributed by atoms with E-state index >= 15 is 0 Å². The minimum atomic E-state index is -0.259. The van der Waals surface area contributed by atoms with Gasteiger partial charge < -0.3 is 15.0 Å². The maximum atomic E-state index is 13.2. The summed E-state index contributed by atoms with van der Waals surface area (Å²) in [7, 11) is 3.81. The molecule has 27 heavy (non-hydrogen) atoms. The van der Waals surface area contributed by atoms with Crippen molar-refractivity contribution in [1.82, 2.24) is 15.1 Å². The SMILES string of the molecule is COCCN(C)C[C@H]1CCCN1CC(=O)N[C@H](c1ccc(F)cc1)C(C)C. The van der Waals surface area contributed by atoms with Gasteiger partial charge in [-0.25, -0.2) is 4.39 Å². The number of halogens is 1. The summed E-state index contributed by atoms with van der Waals surface area (Å²) in [4.78, 5) is 17.2. The molecule has 6 heteroatoms. The molecule has 1 aliphatic heterocycles. The number of hydrogen-bond acceptors (Lipinski definition) is 4. The van der Waals surface area contributed by atoms with Gasteiger partial charge in [0.15, 0.2) is 0 Å². The molecule has 1 aromatic rings. The van der Waals surface area contributed by atoms with E-state index in [9.17, 15) is 9.18 Å². The molecule has 2 atom stereocenters. The fourth-order valence-electron chi connectivity index (χ4n) is 3.72. The Morgan fingerprint density at radius 1 is 1.37 bits per heavy atom. The number of methoxy groups -OCH3 is 1. The molecule has 1 N–H and O–H groups in total. The lowest BCUT2D eigenvalue weighted by Crippen LogP contribution is -2.45. The van der Waals surface area contributed by atoms with Gasteiger partial charge >= 0.3 is 0 Å². The molecular weight excluding hydrogens is 345 g/mol. The predicted molar refractivity (Wildman–Crippen MR) is 106 cm³/mol. The van der Waals surface area contributed by atoms with Crippen molar-refractivity contribution >= 4 is 5.91 Å². The van der Waals surface area contributed by atoms with Crippen LogP contribution in [0.3, 0.4) is 0 Å². The number of benzene rings is 1. The number of carbonyl (C=O) groups is 1. The quantitative estimate of drug-likeness (QED) is 0.679. The van der Waals surface area contributed by atoms with Gasteiger partial charge in [0.2, 0.25) is 5.91 Å². The second-order valence-corrected chi connectivity index (χ2v) is 7.86. The zero-order valence-corrected chi connectivity index (χ0v) is 17.1. The van der Waals surface area contributed by atoms with E-state index in [0.29, 0.717) is 12.6 Å². The number of likely N-dealkylation sites (tertiary alicyclic amines) is 1. The van der Waals surface area contributed by atoms with Gasteiger partial charge in [0.1, 0.15) is 5.82 Å². The van der Waals surface area contributed by atoms with Gasteiger partial charge in [0.05, 0.1) is 19.2 Å². The van der Waals surface area contributed by atoms with Crippen molar-refractivity contribution in [3.8, 4) is 0 Å². The monoisotopic (exact) mass is 379 g/mol. The van der Waals surface area contributed by atoms with E-state index in [-0.39, 0.29) is 23.7 Å². The molecule has 152 valence electrons. The van der Waals surface area contributed by atoms with E-state index < -0.39 is 0 Å². The second-order valence-electron chi connectivity index (χ2n) is 7.86. The van der Waals surface area contributed by atoms with Crippen molar-refractivity contribution in [2.75, 3.05) is 46.9 Å². The van der Waals surface area contributed by atoms with Crippen LogP contribution >= 0.6 is 0 Å². The lowest BCUT2D eigenvalue weighted by Gasteiger charge is -2.29. The molecule has 1 amide bonds. The van der Waals surface area contributed by atoms with Crippen LogP contribution in [0.1, 0.15) is 38.3 Å². The van der Waals surface area contributed by atoms with E-state index in [1.54, 1.807) is 19.2 Å². The lowest BCUT2D eigenvalue weighted by molar-refractivity contribution is -0.123. The summed E-state index contributed by atoms with van der Waals surface area (Å²) in [5, 5.41) is 3.15. The Kier molecular flexibility index (Phi) is 8.67. The number of carbonyl (C=O) groups excluding carboxylic acids is 1. The van der Waals surface area contributed by atoms with Gasteiger partial charge in [-0.05, 0) is 50.0 Å². The number of likely N-dealkylation sites (N-methyl/N-ethyl adjacent to an activating group) is 1. The number of nitrogens with one attached hydrogen (secondary N) is 1. The number of hydrogen-bond donors (Lipinski definition) is 1. The molecule has 0 saturated carbocycles. The van der Waals surface area contributed by atoms with E-state index in [2.05, 4.69) is 36.0 Å². The molecule has 1 fully saturated rings. The Bertz CT molecular complexity index is 579. The van der Waals surface area contributed by atoms with E-state index in [0.717, 1.165) is 44.6 Å². The van der Waals surface area contributed by atoms with Gasteiger partial charge in [-0.1, -0.05) is 26.0 Å². The number of nitrogens with zero attached hydrogens (tertiary/aromatic N) is 2. The van der Waals surface area contributed by atoms with Crippen LogP contribution in [0.2, 0.25) is 0 Å². The predicted octanol–water partition coefficient (Wildman–Crippen LogP) is 2.68. The Balaban J connectivity index is 1.91. The van der Waals surface area contributed by atoms with Crippen LogP contribution in [0.4, 0.5) is 4.39 Å². The van der Waals surface area contributed by atoms with Crippen LogP contribution in [0.15, 0.2) is 24.3 Å². The lowest BCUT2D eigenvalue weighted by atomic mass is 9.96. The van der Waals surface area contributed by atoms with Gasteiger partial charge in [0, 0.05) is 26.2 Å². The van der Waals surface area contributed by atoms with Crippen LogP contribution < -0.4 is 5.32 Å². The molecule has 2 rings (SSSR count). The topological polar surface area (TPSA) is 44.8 Å². The maximum Gasteiger partial charge on any atom is 0.234 e. The van der Waals surface area contributed by atoms with Crippen LogP contribution in [0.5, 0.6) is 0 Å². The molecule has 5 nitrogen and oxygen atoms in total. The number of amides is 1. The third-order valence-electron chi connectivity index (χ3n) is 5.26. The van der Waals surface area contributed by atoms with E-state index in [4.69, 9.17) is 4.74 Å². The molecule has 0 spiro atoms. The highest BCUT2D eigenvalue weighted by Gasteiger charge is 2.28. The number of ether oxygens (including phenoxy) is 1. The Morgan fingerprint density at radius 3 is 2.70 bits per heavy atom. The molecule has 1 aliphatic rings. The first-order valence-corrected chi connectivity index (χ1v) is 9.87. The molecule has 1 saturated heterocycles. The normalized spacial score (nSPS) is 19.0. The fourth-order valence-corrected chi connectivity index (χ4v) is 3.72. The summed E-state index contributed by atoms with van der Waals surface area (Å²) in [6.45, 7) is 8.06. The maximum absolute atomic E-state index is 13.2. The zero-order valence-electron chi connectivity index (χ0n) is 17.1. The molecule has 0 aromatic heterocycles. The van der Waals surface area contributed by atoms with Crippen molar-refractivity contribution in [2.24, 2.45) is 5.92 Å². The average molecular weight is 380 g/mol. The molecule has 0 bridgehead atoms. The first-order valence-electron chi connectivity index (χ1n) is 9.87. The summed E-state index contributed by atoms with van der Waals surface area (Å²) < 4.78 is 18.3. The van der Waals surface area contributed by atoms with Gasteiger partial charge in [-0.2, -0.15) is 0 Å². The minimum absolute atomic E-state index is 0.0319. The van der Waals surface area contributed by atoms with E-state index in [1.165, 1.54) is 12.1 Å². The number of rotatable bonds is 10. The molecule has 1 aromatic carbocycles. The fraction of sp³-hybridized carbons (Fsp3) is 0.667. The van der Waals surface area contributed by atoms with Crippen LogP contribution in [-0.2, 0) is 9.53 Å². The molecule has 1 heterocycles. The second kappa shape index (κ2) is 10.7.